The highest BCUT2D eigenvalue weighted by atomic mass is 16.5. The maximum atomic E-state index is 12.2. The number of amides is 1. The summed E-state index contributed by atoms with van der Waals surface area (Å²) in [6.45, 7) is 5.95. The first-order chi connectivity index (χ1) is 10.4. The van der Waals surface area contributed by atoms with E-state index in [1.165, 1.54) is 0 Å². The molecule has 0 heterocycles. The Morgan fingerprint density at radius 2 is 1.55 bits per heavy atom. The SMILES string of the molecule is Cc1cc(C)c(C(=O)OCc2ccc(C(N)=O)cc2)c(C)c1. The molecule has 114 valence electrons. The summed E-state index contributed by atoms with van der Waals surface area (Å²) in [5, 5.41) is 0. The molecule has 2 rings (SSSR count). The molecule has 0 unspecified atom stereocenters. The summed E-state index contributed by atoms with van der Waals surface area (Å²) in [6.07, 6.45) is 0. The van der Waals surface area contributed by atoms with Crippen molar-refractivity contribution in [3.05, 3.63) is 69.8 Å². The van der Waals surface area contributed by atoms with Gasteiger partial charge < -0.3 is 10.5 Å². The molecule has 22 heavy (non-hydrogen) atoms. The lowest BCUT2D eigenvalue weighted by Gasteiger charge is -2.11. The first kappa shape index (κ1) is 15.8. The van der Waals surface area contributed by atoms with E-state index in [1.807, 2.05) is 32.9 Å². The number of esters is 1. The van der Waals surface area contributed by atoms with Gasteiger partial charge in [-0.05, 0) is 49.6 Å². The van der Waals surface area contributed by atoms with Crippen LogP contribution < -0.4 is 5.73 Å². The molecule has 0 radical (unpaired) electrons. The van der Waals surface area contributed by atoms with Crippen LogP contribution in [0.25, 0.3) is 0 Å². The highest BCUT2D eigenvalue weighted by molar-refractivity contribution is 5.93. The number of ether oxygens (including phenoxy) is 1. The van der Waals surface area contributed by atoms with Crippen LogP contribution in [-0.2, 0) is 11.3 Å². The predicted molar refractivity (Wildman–Crippen MR) is 84.7 cm³/mol. The quantitative estimate of drug-likeness (QED) is 0.882. The molecular weight excluding hydrogens is 278 g/mol. The Morgan fingerprint density at radius 1 is 1.00 bits per heavy atom. The second-order valence-electron chi connectivity index (χ2n) is 5.41. The third-order valence-corrected chi connectivity index (χ3v) is 3.49. The van der Waals surface area contributed by atoms with E-state index in [0.717, 1.165) is 22.3 Å². The lowest BCUT2D eigenvalue weighted by Crippen LogP contribution is -2.11. The van der Waals surface area contributed by atoms with Crippen LogP contribution in [0.2, 0.25) is 0 Å². The van der Waals surface area contributed by atoms with Crippen LogP contribution in [0.4, 0.5) is 0 Å². The van der Waals surface area contributed by atoms with Crippen LogP contribution in [0.5, 0.6) is 0 Å². The molecule has 2 aromatic rings. The van der Waals surface area contributed by atoms with E-state index in [2.05, 4.69) is 0 Å². The largest absolute Gasteiger partial charge is 0.457 e. The maximum Gasteiger partial charge on any atom is 0.339 e. The van der Waals surface area contributed by atoms with Gasteiger partial charge in [0, 0.05) is 5.56 Å². The fraction of sp³-hybridized carbons (Fsp3) is 0.222. The molecule has 4 nitrogen and oxygen atoms in total. The number of aryl methyl sites for hydroxylation is 3. The maximum absolute atomic E-state index is 12.2. The zero-order valence-electron chi connectivity index (χ0n) is 13.0. The number of hydrogen-bond donors (Lipinski definition) is 1. The van der Waals surface area contributed by atoms with E-state index in [-0.39, 0.29) is 12.6 Å². The van der Waals surface area contributed by atoms with E-state index in [4.69, 9.17) is 10.5 Å². The molecule has 2 N–H and O–H groups in total. The summed E-state index contributed by atoms with van der Waals surface area (Å²) >= 11 is 0. The number of carbonyl (C=O) groups excluding carboxylic acids is 2. The fourth-order valence-corrected chi connectivity index (χ4v) is 2.49. The fourth-order valence-electron chi connectivity index (χ4n) is 2.49. The molecule has 0 aliphatic rings. The van der Waals surface area contributed by atoms with Gasteiger partial charge in [-0.1, -0.05) is 29.8 Å². The van der Waals surface area contributed by atoms with Crippen molar-refractivity contribution < 1.29 is 14.3 Å². The predicted octanol–water partition coefficient (Wildman–Crippen LogP) is 3.07. The van der Waals surface area contributed by atoms with Gasteiger partial charge in [-0.2, -0.15) is 0 Å². The second kappa shape index (κ2) is 6.43. The topological polar surface area (TPSA) is 69.4 Å². The standard InChI is InChI=1S/C18H19NO3/c1-11-8-12(2)16(13(3)9-11)18(21)22-10-14-4-6-15(7-5-14)17(19)20/h4-9H,10H2,1-3H3,(H2,19,20). The van der Waals surface area contributed by atoms with Gasteiger partial charge in [0.1, 0.15) is 6.61 Å². The van der Waals surface area contributed by atoms with Gasteiger partial charge >= 0.3 is 5.97 Å². The molecule has 0 aliphatic heterocycles. The molecule has 1 amide bonds. The Bertz CT molecular complexity index is 695. The Labute approximate surface area is 129 Å². The van der Waals surface area contributed by atoms with Crippen LogP contribution in [0.15, 0.2) is 36.4 Å². The number of hydrogen-bond acceptors (Lipinski definition) is 3. The van der Waals surface area contributed by atoms with E-state index in [1.54, 1.807) is 24.3 Å². The first-order valence-electron chi connectivity index (χ1n) is 7.02. The molecule has 2 aromatic carbocycles. The minimum atomic E-state index is -0.477. The number of primary amides is 1. The Morgan fingerprint density at radius 3 is 2.05 bits per heavy atom. The highest BCUT2D eigenvalue weighted by Crippen LogP contribution is 2.18. The van der Waals surface area contributed by atoms with E-state index in [9.17, 15) is 9.59 Å². The van der Waals surface area contributed by atoms with Crippen LogP contribution in [0.1, 0.15) is 43.0 Å². The number of benzene rings is 2. The van der Waals surface area contributed by atoms with Gasteiger partial charge in [-0.3, -0.25) is 4.79 Å². The average molecular weight is 297 g/mol. The summed E-state index contributed by atoms with van der Waals surface area (Å²) in [7, 11) is 0. The minimum Gasteiger partial charge on any atom is -0.457 e. The Hall–Kier alpha value is -2.62. The summed E-state index contributed by atoms with van der Waals surface area (Å²) in [4.78, 5) is 23.3. The van der Waals surface area contributed by atoms with Crippen molar-refractivity contribution in [1.29, 1.82) is 0 Å². The number of carbonyl (C=O) groups is 2. The summed E-state index contributed by atoms with van der Waals surface area (Å²) in [5.41, 5.74) is 9.97. The monoisotopic (exact) mass is 297 g/mol. The zero-order valence-corrected chi connectivity index (χ0v) is 13.0. The van der Waals surface area contributed by atoms with Crippen LogP contribution in [0, 0.1) is 20.8 Å². The van der Waals surface area contributed by atoms with Crippen molar-refractivity contribution in [3.63, 3.8) is 0 Å². The molecule has 0 aliphatic carbocycles. The summed E-state index contributed by atoms with van der Waals surface area (Å²) in [6, 6.07) is 10.6. The smallest absolute Gasteiger partial charge is 0.339 e. The van der Waals surface area contributed by atoms with Crippen LogP contribution >= 0.6 is 0 Å². The average Bonchev–Trinajstić information content (AvgIpc) is 2.44. The third-order valence-electron chi connectivity index (χ3n) is 3.49. The van der Waals surface area contributed by atoms with Gasteiger partial charge in [-0.15, -0.1) is 0 Å². The van der Waals surface area contributed by atoms with Gasteiger partial charge in [0.15, 0.2) is 0 Å². The van der Waals surface area contributed by atoms with Crippen molar-refractivity contribution in [2.24, 2.45) is 5.73 Å². The minimum absolute atomic E-state index is 0.157. The van der Waals surface area contributed by atoms with Crippen molar-refractivity contribution in [1.82, 2.24) is 0 Å². The van der Waals surface area contributed by atoms with Gasteiger partial charge in [0.05, 0.1) is 5.56 Å². The molecule has 0 bridgehead atoms. The van der Waals surface area contributed by atoms with E-state index in [0.29, 0.717) is 11.1 Å². The molecule has 0 saturated carbocycles. The Kier molecular flexibility index (Phi) is 4.61. The molecule has 4 heteroatoms. The molecule has 0 spiro atoms. The van der Waals surface area contributed by atoms with E-state index < -0.39 is 5.91 Å². The van der Waals surface area contributed by atoms with Crippen molar-refractivity contribution in [2.75, 3.05) is 0 Å². The molecule has 0 saturated heterocycles. The van der Waals surface area contributed by atoms with Crippen molar-refractivity contribution in [3.8, 4) is 0 Å². The molecule has 0 fully saturated rings. The summed E-state index contributed by atoms with van der Waals surface area (Å²) in [5.74, 6) is -0.816. The number of nitrogens with two attached hydrogens (primary N) is 1. The Balaban J connectivity index is 2.08. The van der Waals surface area contributed by atoms with Crippen LogP contribution in [0.3, 0.4) is 0 Å². The van der Waals surface area contributed by atoms with Crippen molar-refractivity contribution in [2.45, 2.75) is 27.4 Å². The summed E-state index contributed by atoms with van der Waals surface area (Å²) < 4.78 is 5.36. The van der Waals surface area contributed by atoms with Crippen molar-refractivity contribution >= 4 is 11.9 Å². The zero-order chi connectivity index (χ0) is 16.3. The molecule has 0 aromatic heterocycles. The van der Waals surface area contributed by atoms with Gasteiger partial charge in [0.25, 0.3) is 0 Å². The third kappa shape index (κ3) is 3.52. The molecular formula is C18H19NO3. The second-order valence-corrected chi connectivity index (χ2v) is 5.41. The lowest BCUT2D eigenvalue weighted by atomic mass is 10.00. The lowest BCUT2D eigenvalue weighted by molar-refractivity contribution is 0.0470. The normalized spacial score (nSPS) is 10.3. The van der Waals surface area contributed by atoms with Gasteiger partial charge in [-0.25, -0.2) is 4.79 Å². The van der Waals surface area contributed by atoms with Crippen LogP contribution in [-0.4, -0.2) is 11.9 Å². The van der Waals surface area contributed by atoms with Gasteiger partial charge in [0.2, 0.25) is 5.91 Å². The molecule has 0 atom stereocenters. The van der Waals surface area contributed by atoms with E-state index >= 15 is 0 Å². The highest BCUT2D eigenvalue weighted by Gasteiger charge is 2.14. The number of rotatable bonds is 4. The first-order valence-corrected chi connectivity index (χ1v) is 7.02.